The van der Waals surface area contributed by atoms with E-state index in [9.17, 15) is 19.4 Å². The molecule has 9 heteroatoms. The number of nitrogens with one attached hydrogen (secondary N) is 1. The summed E-state index contributed by atoms with van der Waals surface area (Å²) in [5.74, 6) is -0.203. The average Bonchev–Trinajstić information content (AvgIpc) is 3.20. The van der Waals surface area contributed by atoms with E-state index in [1.54, 1.807) is 6.08 Å². The molecule has 0 rings (SSSR count). The molecule has 0 aromatic rings. The summed E-state index contributed by atoms with van der Waals surface area (Å²) in [6, 6.07) is -0.898. The van der Waals surface area contributed by atoms with E-state index in [0.717, 1.165) is 38.5 Å². The molecule has 0 aromatic carbocycles. The number of quaternary nitrogens is 1. The first-order valence-electron chi connectivity index (χ1n) is 25.7. The Morgan fingerprint density at radius 2 is 0.933 bits per heavy atom. The van der Waals surface area contributed by atoms with Gasteiger partial charge in [-0.3, -0.25) is 9.36 Å². The van der Waals surface area contributed by atoms with E-state index >= 15 is 0 Å². The zero-order valence-corrected chi connectivity index (χ0v) is 41.3. The highest BCUT2D eigenvalue weighted by molar-refractivity contribution is 7.45. The molecule has 356 valence electrons. The van der Waals surface area contributed by atoms with Gasteiger partial charge in [-0.25, -0.2) is 0 Å². The Morgan fingerprint density at radius 3 is 1.35 bits per heavy atom. The number of phosphoric ester groups is 1. The molecule has 0 aliphatic heterocycles. The van der Waals surface area contributed by atoms with Gasteiger partial charge in [-0.15, -0.1) is 0 Å². The number of nitrogens with zero attached hydrogens (tertiary/aromatic N) is 1. The van der Waals surface area contributed by atoms with E-state index in [1.165, 1.54) is 186 Å². The Hall–Kier alpha value is -1.02. The fourth-order valence-electron chi connectivity index (χ4n) is 7.58. The summed E-state index contributed by atoms with van der Waals surface area (Å²) >= 11 is 0. The molecule has 0 bridgehead atoms. The standard InChI is InChI=1S/C51H101N2O6P/c1-6-8-10-12-14-16-18-20-22-24-25-26-27-28-29-31-33-35-37-39-41-43-45-51(55)52-49(48-59-60(56,57)58-47-46-53(3,4)5)50(54)44-42-40-38-36-34-32-30-23-21-19-17-15-13-11-9-7-2/h34,36,42,44,49-50,54H,6-33,35,37-41,43,45-48H2,1-5H3,(H-,52,55,56,57)/b36-34+,44-42+/t49-,50+/m0/s1. The summed E-state index contributed by atoms with van der Waals surface area (Å²) in [5.41, 5.74) is 0. The topological polar surface area (TPSA) is 108 Å². The number of rotatable bonds is 47. The molecular weight excluding hydrogens is 768 g/mol. The number of likely N-dealkylation sites (N-methyl/N-ethyl adjacent to an activating group) is 1. The van der Waals surface area contributed by atoms with E-state index < -0.39 is 20.0 Å². The van der Waals surface area contributed by atoms with Gasteiger partial charge >= 0.3 is 0 Å². The van der Waals surface area contributed by atoms with Crippen molar-refractivity contribution in [3.05, 3.63) is 24.3 Å². The van der Waals surface area contributed by atoms with Crippen LogP contribution in [0, 0.1) is 0 Å². The molecule has 1 amide bonds. The van der Waals surface area contributed by atoms with Crippen molar-refractivity contribution >= 4 is 13.7 Å². The number of hydrogen-bond acceptors (Lipinski definition) is 6. The highest BCUT2D eigenvalue weighted by Gasteiger charge is 2.23. The molecule has 1 unspecified atom stereocenters. The smallest absolute Gasteiger partial charge is 0.268 e. The van der Waals surface area contributed by atoms with Crippen LogP contribution in [0.1, 0.15) is 245 Å². The summed E-state index contributed by atoms with van der Waals surface area (Å²) in [4.78, 5) is 25.4. The van der Waals surface area contributed by atoms with Crippen molar-refractivity contribution in [3.63, 3.8) is 0 Å². The lowest BCUT2D eigenvalue weighted by Crippen LogP contribution is -2.45. The Labute approximate surface area is 373 Å². The van der Waals surface area contributed by atoms with E-state index in [2.05, 4.69) is 31.3 Å². The zero-order valence-electron chi connectivity index (χ0n) is 40.4. The Kier molecular flexibility index (Phi) is 42.5. The molecule has 0 spiro atoms. The first-order valence-corrected chi connectivity index (χ1v) is 27.2. The summed E-state index contributed by atoms with van der Waals surface area (Å²) in [6.07, 6.45) is 52.4. The molecule has 0 saturated carbocycles. The quantitative estimate of drug-likeness (QED) is 0.0273. The second kappa shape index (κ2) is 43.2. The first-order chi connectivity index (χ1) is 29.0. The second-order valence-electron chi connectivity index (χ2n) is 18.9. The van der Waals surface area contributed by atoms with E-state index in [1.807, 2.05) is 27.2 Å². The number of aliphatic hydroxyl groups excluding tert-OH is 1. The lowest BCUT2D eigenvalue weighted by molar-refractivity contribution is -0.870. The van der Waals surface area contributed by atoms with Crippen molar-refractivity contribution in [2.24, 2.45) is 0 Å². The number of phosphoric acid groups is 1. The van der Waals surface area contributed by atoms with Gasteiger partial charge in [0.05, 0.1) is 39.9 Å². The van der Waals surface area contributed by atoms with Gasteiger partial charge in [-0.1, -0.05) is 231 Å². The number of allylic oxidation sites excluding steroid dienone is 3. The van der Waals surface area contributed by atoms with Crippen LogP contribution in [-0.4, -0.2) is 68.5 Å². The number of carbonyl (C=O) groups excluding carboxylic acids is 1. The van der Waals surface area contributed by atoms with Gasteiger partial charge in [0.1, 0.15) is 13.2 Å². The molecule has 0 aromatic heterocycles. The fourth-order valence-corrected chi connectivity index (χ4v) is 8.30. The van der Waals surface area contributed by atoms with Crippen LogP contribution >= 0.6 is 7.82 Å². The zero-order chi connectivity index (χ0) is 44.3. The predicted molar refractivity (Wildman–Crippen MR) is 256 cm³/mol. The Bertz CT molecular complexity index is 1030. The minimum Gasteiger partial charge on any atom is -0.756 e. The molecule has 0 saturated heterocycles. The lowest BCUT2D eigenvalue weighted by Gasteiger charge is -2.29. The molecule has 0 aliphatic rings. The predicted octanol–water partition coefficient (Wildman–Crippen LogP) is 14.2. The molecule has 2 N–H and O–H groups in total. The van der Waals surface area contributed by atoms with Gasteiger partial charge in [0.25, 0.3) is 7.82 Å². The van der Waals surface area contributed by atoms with E-state index in [0.29, 0.717) is 17.4 Å². The Morgan fingerprint density at radius 1 is 0.567 bits per heavy atom. The van der Waals surface area contributed by atoms with Gasteiger partial charge in [-0.05, 0) is 32.1 Å². The number of amides is 1. The van der Waals surface area contributed by atoms with Crippen molar-refractivity contribution < 1.29 is 32.9 Å². The fraction of sp³-hybridized carbons (Fsp3) is 0.902. The highest BCUT2D eigenvalue weighted by atomic mass is 31.2. The van der Waals surface area contributed by atoms with Crippen LogP contribution in [0.25, 0.3) is 0 Å². The minimum atomic E-state index is -4.60. The van der Waals surface area contributed by atoms with Crippen molar-refractivity contribution in [2.75, 3.05) is 40.9 Å². The maximum atomic E-state index is 12.9. The summed E-state index contributed by atoms with van der Waals surface area (Å²) in [7, 11) is 1.25. The van der Waals surface area contributed by atoms with Gasteiger partial charge in [0, 0.05) is 6.42 Å². The molecule has 8 nitrogen and oxygen atoms in total. The van der Waals surface area contributed by atoms with Crippen LogP contribution in [0.15, 0.2) is 24.3 Å². The van der Waals surface area contributed by atoms with Crippen LogP contribution in [0.4, 0.5) is 0 Å². The maximum Gasteiger partial charge on any atom is 0.268 e. The van der Waals surface area contributed by atoms with Crippen LogP contribution in [0.5, 0.6) is 0 Å². The minimum absolute atomic E-state index is 0.00399. The summed E-state index contributed by atoms with van der Waals surface area (Å²) < 4.78 is 23.3. The second-order valence-corrected chi connectivity index (χ2v) is 20.3. The molecule has 60 heavy (non-hydrogen) atoms. The first kappa shape index (κ1) is 59.0. The number of aliphatic hydroxyl groups is 1. The van der Waals surface area contributed by atoms with Gasteiger partial charge in [0.2, 0.25) is 5.91 Å². The van der Waals surface area contributed by atoms with E-state index in [-0.39, 0.29) is 19.1 Å². The average molecular weight is 869 g/mol. The molecule has 0 radical (unpaired) electrons. The summed E-state index contributed by atoms with van der Waals surface area (Å²) in [6.45, 7) is 4.65. The SMILES string of the molecule is CCCCCCCCCCCC/C=C/CC/C=C/[C@@H](O)[C@H](COP(=O)([O-])OCC[N+](C)(C)C)NC(=O)CCCCCCCCCCCCCCCCCCCCCCCC. The molecule has 3 atom stereocenters. The molecular formula is C51H101N2O6P. The third-order valence-corrected chi connectivity index (χ3v) is 12.6. The third-order valence-electron chi connectivity index (χ3n) is 11.7. The molecule has 0 fully saturated rings. The van der Waals surface area contributed by atoms with Crippen LogP contribution in [0.2, 0.25) is 0 Å². The van der Waals surface area contributed by atoms with Crippen LogP contribution < -0.4 is 10.2 Å². The van der Waals surface area contributed by atoms with Gasteiger partial charge in [0.15, 0.2) is 0 Å². The monoisotopic (exact) mass is 869 g/mol. The van der Waals surface area contributed by atoms with Crippen molar-refractivity contribution in [2.45, 2.75) is 257 Å². The Balaban J connectivity index is 4.28. The largest absolute Gasteiger partial charge is 0.756 e. The van der Waals surface area contributed by atoms with Crippen molar-refractivity contribution in [3.8, 4) is 0 Å². The lowest BCUT2D eigenvalue weighted by atomic mass is 10.0. The third kappa shape index (κ3) is 45.0. The maximum absolute atomic E-state index is 12.9. The van der Waals surface area contributed by atoms with Gasteiger partial charge < -0.3 is 28.8 Å². The summed E-state index contributed by atoms with van der Waals surface area (Å²) in [5, 5.41) is 13.8. The molecule has 0 aliphatic carbocycles. The number of unbranched alkanes of at least 4 members (excludes halogenated alkanes) is 32. The number of hydrogen-bond donors (Lipinski definition) is 2. The normalized spacial score (nSPS) is 14.3. The van der Waals surface area contributed by atoms with E-state index in [4.69, 9.17) is 9.05 Å². The highest BCUT2D eigenvalue weighted by Crippen LogP contribution is 2.38. The van der Waals surface area contributed by atoms with Crippen molar-refractivity contribution in [1.29, 1.82) is 0 Å². The van der Waals surface area contributed by atoms with Crippen LogP contribution in [-0.2, 0) is 18.4 Å². The molecule has 0 heterocycles. The number of carbonyl (C=O) groups is 1. The van der Waals surface area contributed by atoms with Crippen LogP contribution in [0.3, 0.4) is 0 Å². The van der Waals surface area contributed by atoms with Crippen molar-refractivity contribution in [1.82, 2.24) is 5.32 Å². The van der Waals surface area contributed by atoms with Gasteiger partial charge in [-0.2, -0.15) is 0 Å².